The van der Waals surface area contributed by atoms with Gasteiger partial charge in [-0.1, -0.05) is 13.8 Å². The molecule has 21 heavy (non-hydrogen) atoms. The first kappa shape index (κ1) is 14.3. The van der Waals surface area contributed by atoms with Gasteiger partial charge in [0.05, 0.1) is 11.7 Å². The highest BCUT2D eigenvalue weighted by molar-refractivity contribution is 7.18. The van der Waals surface area contributed by atoms with E-state index in [0.717, 1.165) is 29.7 Å². The second kappa shape index (κ2) is 5.26. The quantitative estimate of drug-likeness (QED) is 0.946. The monoisotopic (exact) mass is 306 g/mol. The number of aryl methyl sites for hydroxylation is 1. The van der Waals surface area contributed by atoms with Crippen molar-refractivity contribution < 1.29 is 9.90 Å². The minimum absolute atomic E-state index is 0.207. The van der Waals surface area contributed by atoms with Crippen LogP contribution in [-0.4, -0.2) is 20.6 Å². The molecule has 6 heteroatoms. The number of carbonyl (C=O) groups is 1. The number of aliphatic carboxylic acids is 1. The third-order valence-corrected chi connectivity index (χ3v) is 5.41. The minimum atomic E-state index is -0.988. The maximum absolute atomic E-state index is 12.7. The highest BCUT2D eigenvalue weighted by atomic mass is 32.1. The van der Waals surface area contributed by atoms with Crippen LogP contribution in [0.5, 0.6) is 0 Å². The van der Waals surface area contributed by atoms with E-state index in [2.05, 4.69) is 11.9 Å². The predicted octanol–water partition coefficient (Wildman–Crippen LogP) is 2.62. The Morgan fingerprint density at radius 2 is 2.38 bits per heavy atom. The third-order valence-electron chi connectivity index (χ3n) is 4.25. The van der Waals surface area contributed by atoms with Crippen LogP contribution in [0.2, 0.25) is 0 Å². The van der Waals surface area contributed by atoms with Crippen LogP contribution in [0.1, 0.15) is 43.2 Å². The zero-order valence-electron chi connectivity index (χ0n) is 12.1. The summed E-state index contributed by atoms with van der Waals surface area (Å²) < 4.78 is 1.27. The second-order valence-corrected chi connectivity index (χ2v) is 6.83. The lowest BCUT2D eigenvalue weighted by Gasteiger charge is -2.18. The molecule has 0 amide bonds. The molecule has 1 aliphatic carbocycles. The molecule has 2 unspecified atom stereocenters. The Kier molecular flexibility index (Phi) is 3.57. The molecule has 0 saturated carbocycles. The van der Waals surface area contributed by atoms with Crippen LogP contribution in [-0.2, 0) is 17.6 Å². The first-order chi connectivity index (χ1) is 10.0. The molecule has 3 rings (SSSR count). The second-order valence-electron chi connectivity index (χ2n) is 5.75. The number of carboxylic acids is 1. The summed E-state index contributed by atoms with van der Waals surface area (Å²) in [5, 5.41) is 9.90. The highest BCUT2D eigenvalue weighted by Crippen LogP contribution is 2.35. The molecule has 0 fully saturated rings. The Bertz CT molecular complexity index is 762. The summed E-state index contributed by atoms with van der Waals surface area (Å²) in [4.78, 5) is 30.4. The van der Waals surface area contributed by atoms with E-state index in [-0.39, 0.29) is 5.56 Å². The SMILES string of the molecule is CCC(C(=O)O)n1cnc2sc3c(c2c1=O)CCC(C)C3. The van der Waals surface area contributed by atoms with Gasteiger partial charge in [0.1, 0.15) is 10.9 Å². The smallest absolute Gasteiger partial charge is 0.326 e. The molecular weight excluding hydrogens is 288 g/mol. The zero-order chi connectivity index (χ0) is 15.1. The van der Waals surface area contributed by atoms with E-state index in [1.54, 1.807) is 18.3 Å². The van der Waals surface area contributed by atoms with Gasteiger partial charge >= 0.3 is 5.97 Å². The van der Waals surface area contributed by atoms with Crippen molar-refractivity contribution in [2.24, 2.45) is 5.92 Å². The topological polar surface area (TPSA) is 72.2 Å². The summed E-state index contributed by atoms with van der Waals surface area (Å²) in [6.45, 7) is 3.98. The molecule has 112 valence electrons. The molecule has 2 aromatic rings. The molecule has 1 N–H and O–H groups in total. The van der Waals surface area contributed by atoms with Crippen LogP contribution in [0.4, 0.5) is 0 Å². The van der Waals surface area contributed by atoms with Gasteiger partial charge in [-0.05, 0) is 37.2 Å². The van der Waals surface area contributed by atoms with Crippen LogP contribution < -0.4 is 5.56 Å². The molecular formula is C15H18N2O3S. The zero-order valence-corrected chi connectivity index (χ0v) is 12.9. The van der Waals surface area contributed by atoms with Gasteiger partial charge in [0.2, 0.25) is 0 Å². The Hall–Kier alpha value is -1.69. The van der Waals surface area contributed by atoms with Crippen molar-refractivity contribution in [2.45, 2.75) is 45.6 Å². The summed E-state index contributed by atoms with van der Waals surface area (Å²) in [5.41, 5.74) is 0.890. The Balaban J connectivity index is 2.21. The first-order valence-corrected chi connectivity index (χ1v) is 8.08. The van der Waals surface area contributed by atoms with E-state index in [1.165, 1.54) is 15.8 Å². The number of thiophene rings is 1. The normalized spacial score (nSPS) is 19.4. The maximum atomic E-state index is 12.7. The summed E-state index contributed by atoms with van der Waals surface area (Å²) in [5.74, 6) is -0.353. The molecule has 5 nitrogen and oxygen atoms in total. The van der Waals surface area contributed by atoms with E-state index in [0.29, 0.717) is 17.7 Å². The molecule has 0 spiro atoms. The number of aromatic nitrogens is 2. The molecule has 0 radical (unpaired) electrons. The van der Waals surface area contributed by atoms with Crippen molar-refractivity contribution in [1.82, 2.24) is 9.55 Å². The Morgan fingerprint density at radius 3 is 3.05 bits per heavy atom. The highest BCUT2D eigenvalue weighted by Gasteiger charge is 2.25. The van der Waals surface area contributed by atoms with E-state index in [9.17, 15) is 14.7 Å². The summed E-state index contributed by atoms with van der Waals surface area (Å²) in [6, 6.07) is -0.840. The van der Waals surface area contributed by atoms with Gasteiger partial charge in [0.25, 0.3) is 5.56 Å². The maximum Gasteiger partial charge on any atom is 0.326 e. The van der Waals surface area contributed by atoms with E-state index in [4.69, 9.17) is 0 Å². The lowest BCUT2D eigenvalue weighted by atomic mass is 9.89. The summed E-state index contributed by atoms with van der Waals surface area (Å²) in [6.07, 6.45) is 4.71. The molecule has 2 aromatic heterocycles. The van der Waals surface area contributed by atoms with Gasteiger partial charge in [-0.3, -0.25) is 9.36 Å². The summed E-state index contributed by atoms with van der Waals surface area (Å²) in [7, 11) is 0. The molecule has 2 atom stereocenters. The average Bonchev–Trinajstić information content (AvgIpc) is 2.79. The van der Waals surface area contributed by atoms with Gasteiger partial charge in [-0.25, -0.2) is 9.78 Å². The number of hydrogen-bond donors (Lipinski definition) is 1. The van der Waals surface area contributed by atoms with Crippen molar-refractivity contribution in [1.29, 1.82) is 0 Å². The fourth-order valence-electron chi connectivity index (χ4n) is 3.06. The van der Waals surface area contributed by atoms with Crippen LogP contribution in [0.25, 0.3) is 10.2 Å². The van der Waals surface area contributed by atoms with Crippen molar-refractivity contribution in [3.63, 3.8) is 0 Å². The standard InChI is InChI=1S/C15H18N2O3S/c1-3-10(15(19)20)17-7-16-13-12(14(17)18)9-5-4-8(2)6-11(9)21-13/h7-8,10H,3-6H2,1-2H3,(H,19,20). The van der Waals surface area contributed by atoms with Crippen molar-refractivity contribution in [3.8, 4) is 0 Å². The van der Waals surface area contributed by atoms with Crippen molar-refractivity contribution in [3.05, 3.63) is 27.1 Å². The van der Waals surface area contributed by atoms with Gasteiger partial charge in [-0.15, -0.1) is 11.3 Å². The van der Waals surface area contributed by atoms with Gasteiger partial charge in [-0.2, -0.15) is 0 Å². The Labute approximate surface area is 126 Å². The summed E-state index contributed by atoms with van der Waals surface area (Å²) >= 11 is 1.58. The van der Waals surface area contributed by atoms with Crippen molar-refractivity contribution >= 4 is 27.5 Å². The largest absolute Gasteiger partial charge is 0.480 e. The number of hydrogen-bond acceptors (Lipinski definition) is 4. The fourth-order valence-corrected chi connectivity index (χ4v) is 4.40. The molecule has 1 aliphatic rings. The predicted molar refractivity (Wildman–Crippen MR) is 82.0 cm³/mol. The molecule has 0 saturated heterocycles. The van der Waals surface area contributed by atoms with Gasteiger partial charge < -0.3 is 5.11 Å². The van der Waals surface area contributed by atoms with Crippen molar-refractivity contribution in [2.75, 3.05) is 0 Å². The number of rotatable bonds is 3. The molecule has 0 bridgehead atoms. The van der Waals surface area contributed by atoms with Gasteiger partial charge in [0, 0.05) is 4.88 Å². The van der Waals surface area contributed by atoms with E-state index in [1.807, 2.05) is 0 Å². The fraction of sp³-hybridized carbons (Fsp3) is 0.533. The lowest BCUT2D eigenvalue weighted by Crippen LogP contribution is -2.30. The van der Waals surface area contributed by atoms with Crippen LogP contribution in [0.15, 0.2) is 11.1 Å². The third kappa shape index (κ3) is 2.27. The number of carboxylic acid groups (broad SMARTS) is 1. The Morgan fingerprint density at radius 1 is 1.62 bits per heavy atom. The average molecular weight is 306 g/mol. The number of fused-ring (bicyclic) bond motifs is 3. The van der Waals surface area contributed by atoms with Crippen LogP contribution in [0.3, 0.4) is 0 Å². The van der Waals surface area contributed by atoms with E-state index >= 15 is 0 Å². The first-order valence-electron chi connectivity index (χ1n) is 7.27. The molecule has 2 heterocycles. The van der Waals surface area contributed by atoms with Crippen LogP contribution in [0, 0.1) is 5.92 Å². The molecule has 0 aliphatic heterocycles. The van der Waals surface area contributed by atoms with Crippen LogP contribution >= 0.6 is 11.3 Å². The minimum Gasteiger partial charge on any atom is -0.480 e. The lowest BCUT2D eigenvalue weighted by molar-refractivity contribution is -0.141. The van der Waals surface area contributed by atoms with E-state index < -0.39 is 12.0 Å². The number of nitrogens with zero attached hydrogens (tertiary/aromatic N) is 2. The van der Waals surface area contributed by atoms with Gasteiger partial charge in [0.15, 0.2) is 0 Å². The molecule has 0 aromatic carbocycles.